The Hall–Kier alpha value is -1.65. The first-order valence-electron chi connectivity index (χ1n) is 6.21. The summed E-state index contributed by atoms with van der Waals surface area (Å²) in [6.07, 6.45) is 0.0903. The van der Waals surface area contributed by atoms with Crippen molar-refractivity contribution in [1.29, 1.82) is 5.26 Å². The van der Waals surface area contributed by atoms with Crippen molar-refractivity contribution >= 4 is 15.7 Å². The van der Waals surface area contributed by atoms with Gasteiger partial charge in [-0.1, -0.05) is 13.8 Å². The second kappa shape index (κ2) is 6.68. The van der Waals surface area contributed by atoms with Gasteiger partial charge in [0.1, 0.15) is 10.7 Å². The van der Waals surface area contributed by atoms with Crippen molar-refractivity contribution in [2.75, 3.05) is 18.8 Å². The fourth-order valence-electron chi connectivity index (χ4n) is 1.78. The maximum absolute atomic E-state index is 13.0. The molecular weight excluding hydrogens is 281 g/mol. The summed E-state index contributed by atoms with van der Waals surface area (Å²) in [7, 11) is -3.83. The predicted octanol–water partition coefficient (Wildman–Crippen LogP) is 1.97. The Labute approximate surface area is 118 Å². The molecule has 0 saturated carbocycles. The maximum Gasteiger partial charge on any atom is 0.245 e. The molecule has 1 aromatic rings. The first-order chi connectivity index (χ1) is 9.28. The minimum Gasteiger partial charge on any atom is -0.398 e. The van der Waals surface area contributed by atoms with E-state index >= 15 is 0 Å². The predicted molar refractivity (Wildman–Crippen MR) is 74.6 cm³/mol. The van der Waals surface area contributed by atoms with Crippen LogP contribution < -0.4 is 5.73 Å². The summed E-state index contributed by atoms with van der Waals surface area (Å²) >= 11 is 0. The van der Waals surface area contributed by atoms with E-state index in [9.17, 15) is 12.8 Å². The molecule has 110 valence electrons. The van der Waals surface area contributed by atoms with Crippen LogP contribution in [0.2, 0.25) is 0 Å². The largest absolute Gasteiger partial charge is 0.398 e. The molecule has 1 aromatic carbocycles. The van der Waals surface area contributed by atoms with Gasteiger partial charge < -0.3 is 5.73 Å². The highest BCUT2D eigenvalue weighted by Crippen LogP contribution is 2.24. The number of nitrogen functional groups attached to an aromatic ring is 1. The van der Waals surface area contributed by atoms with Gasteiger partial charge in [-0.3, -0.25) is 0 Å². The minimum atomic E-state index is -3.83. The molecule has 5 nitrogen and oxygen atoms in total. The number of anilines is 1. The lowest BCUT2D eigenvalue weighted by molar-refractivity contribution is 0.373. The molecule has 20 heavy (non-hydrogen) atoms. The quantitative estimate of drug-likeness (QED) is 0.813. The number of hydrogen-bond acceptors (Lipinski definition) is 4. The molecule has 0 heterocycles. The van der Waals surface area contributed by atoms with E-state index in [0.29, 0.717) is 0 Å². The van der Waals surface area contributed by atoms with E-state index in [1.165, 1.54) is 4.31 Å². The molecule has 0 unspecified atom stereocenters. The normalized spacial score (nSPS) is 11.8. The van der Waals surface area contributed by atoms with Crippen LogP contribution in [0.1, 0.15) is 20.3 Å². The number of nitrogens with two attached hydrogens (primary N) is 1. The number of benzene rings is 1. The summed E-state index contributed by atoms with van der Waals surface area (Å²) in [5, 5.41) is 8.63. The Morgan fingerprint density at radius 1 is 1.45 bits per heavy atom. The summed E-state index contributed by atoms with van der Waals surface area (Å²) in [5.74, 6) is -0.487. The minimum absolute atomic E-state index is 0.0903. The zero-order valence-corrected chi connectivity index (χ0v) is 12.3. The van der Waals surface area contributed by atoms with E-state index in [1.54, 1.807) is 0 Å². The van der Waals surface area contributed by atoms with Gasteiger partial charge in [-0.05, 0) is 24.1 Å². The molecule has 0 atom stereocenters. The molecule has 0 spiro atoms. The van der Waals surface area contributed by atoms with Crippen LogP contribution in [0, 0.1) is 23.1 Å². The van der Waals surface area contributed by atoms with Gasteiger partial charge in [0.05, 0.1) is 11.8 Å². The number of hydrogen-bond donors (Lipinski definition) is 1. The number of sulfonamides is 1. The Balaban J connectivity index is 3.18. The average molecular weight is 299 g/mol. The molecule has 2 N–H and O–H groups in total. The van der Waals surface area contributed by atoms with Crippen LogP contribution >= 0.6 is 0 Å². The maximum atomic E-state index is 13.0. The molecule has 0 aliphatic rings. The highest BCUT2D eigenvalue weighted by atomic mass is 32.2. The van der Waals surface area contributed by atoms with Crippen LogP contribution in [-0.4, -0.2) is 25.8 Å². The Kier molecular flexibility index (Phi) is 5.48. The highest BCUT2D eigenvalue weighted by Gasteiger charge is 2.26. The Bertz CT molecular complexity index is 609. The lowest BCUT2D eigenvalue weighted by Gasteiger charge is -2.23. The molecule has 0 bridgehead atoms. The van der Waals surface area contributed by atoms with Crippen molar-refractivity contribution < 1.29 is 12.8 Å². The summed E-state index contributed by atoms with van der Waals surface area (Å²) < 4.78 is 39.3. The van der Waals surface area contributed by atoms with Crippen LogP contribution in [0.4, 0.5) is 10.1 Å². The van der Waals surface area contributed by atoms with Gasteiger partial charge in [-0.2, -0.15) is 9.57 Å². The SMILES string of the molecule is CC(C)CN(CCC#N)S(=O)(=O)c1ccc(F)cc1N. The van der Waals surface area contributed by atoms with Crippen molar-refractivity contribution in [3.63, 3.8) is 0 Å². The van der Waals surface area contributed by atoms with E-state index in [1.807, 2.05) is 19.9 Å². The number of nitriles is 1. The lowest BCUT2D eigenvalue weighted by Crippen LogP contribution is -2.35. The van der Waals surface area contributed by atoms with Crippen LogP contribution in [0.25, 0.3) is 0 Å². The number of rotatable bonds is 6. The van der Waals surface area contributed by atoms with E-state index in [-0.39, 0.29) is 36.0 Å². The smallest absolute Gasteiger partial charge is 0.245 e. The third-order valence-corrected chi connectivity index (χ3v) is 4.57. The molecular formula is C13H18FN3O2S. The van der Waals surface area contributed by atoms with Crippen molar-refractivity contribution in [2.24, 2.45) is 5.92 Å². The molecule has 0 aliphatic carbocycles. The zero-order valence-electron chi connectivity index (χ0n) is 11.5. The third-order valence-electron chi connectivity index (χ3n) is 2.63. The first kappa shape index (κ1) is 16.4. The average Bonchev–Trinajstić information content (AvgIpc) is 2.33. The van der Waals surface area contributed by atoms with Crippen LogP contribution in [0.5, 0.6) is 0 Å². The molecule has 0 saturated heterocycles. The monoisotopic (exact) mass is 299 g/mol. The molecule has 0 fully saturated rings. The highest BCUT2D eigenvalue weighted by molar-refractivity contribution is 7.89. The topological polar surface area (TPSA) is 87.2 Å². The summed E-state index contributed by atoms with van der Waals surface area (Å²) in [6, 6.07) is 5.11. The fourth-order valence-corrected chi connectivity index (χ4v) is 3.49. The van der Waals surface area contributed by atoms with Gasteiger partial charge >= 0.3 is 0 Å². The third kappa shape index (κ3) is 3.92. The van der Waals surface area contributed by atoms with Gasteiger partial charge in [0.15, 0.2) is 0 Å². The van der Waals surface area contributed by atoms with Crippen molar-refractivity contribution in [3.8, 4) is 6.07 Å². The van der Waals surface area contributed by atoms with Gasteiger partial charge in [0, 0.05) is 19.5 Å². The van der Waals surface area contributed by atoms with Crippen molar-refractivity contribution in [2.45, 2.75) is 25.2 Å². The van der Waals surface area contributed by atoms with E-state index in [4.69, 9.17) is 11.0 Å². The van der Waals surface area contributed by atoms with E-state index in [2.05, 4.69) is 0 Å². The van der Waals surface area contributed by atoms with Gasteiger partial charge in [-0.15, -0.1) is 0 Å². The Morgan fingerprint density at radius 2 is 2.10 bits per heavy atom. The standard InChI is InChI=1S/C13H18FN3O2S/c1-10(2)9-17(7-3-6-15)20(18,19)13-5-4-11(14)8-12(13)16/h4-5,8,10H,3,7,9,16H2,1-2H3. The molecule has 0 aliphatic heterocycles. The van der Waals surface area contributed by atoms with E-state index < -0.39 is 15.8 Å². The van der Waals surface area contributed by atoms with Crippen LogP contribution in [-0.2, 0) is 10.0 Å². The van der Waals surface area contributed by atoms with Gasteiger partial charge in [0.25, 0.3) is 0 Å². The van der Waals surface area contributed by atoms with Gasteiger partial charge in [-0.25, -0.2) is 12.8 Å². The van der Waals surface area contributed by atoms with E-state index in [0.717, 1.165) is 18.2 Å². The van der Waals surface area contributed by atoms with Crippen molar-refractivity contribution in [1.82, 2.24) is 4.31 Å². The summed E-state index contributed by atoms with van der Waals surface area (Å²) in [5.41, 5.74) is 5.46. The second-order valence-corrected chi connectivity index (χ2v) is 6.75. The van der Waals surface area contributed by atoms with Gasteiger partial charge in [0.2, 0.25) is 10.0 Å². The van der Waals surface area contributed by atoms with Crippen molar-refractivity contribution in [3.05, 3.63) is 24.0 Å². The first-order valence-corrected chi connectivity index (χ1v) is 7.65. The molecule has 7 heteroatoms. The molecule has 1 rings (SSSR count). The molecule has 0 aromatic heterocycles. The van der Waals surface area contributed by atoms with Crippen LogP contribution in [0.15, 0.2) is 23.1 Å². The summed E-state index contributed by atoms with van der Waals surface area (Å²) in [4.78, 5) is -0.127. The zero-order chi connectivity index (χ0) is 15.3. The molecule has 0 amide bonds. The Morgan fingerprint density at radius 3 is 2.60 bits per heavy atom. The fraction of sp³-hybridized carbons (Fsp3) is 0.462. The lowest BCUT2D eigenvalue weighted by atomic mass is 10.2. The number of nitrogens with zero attached hydrogens (tertiary/aromatic N) is 2. The summed E-state index contributed by atoms with van der Waals surface area (Å²) in [6.45, 7) is 4.13. The number of halogens is 1. The second-order valence-electron chi connectivity index (χ2n) is 4.85. The molecule has 0 radical (unpaired) electrons. The van der Waals surface area contributed by atoms with Crippen LogP contribution in [0.3, 0.4) is 0 Å².